The van der Waals surface area contributed by atoms with Gasteiger partial charge in [-0.1, -0.05) is 17.7 Å². The predicted molar refractivity (Wildman–Crippen MR) is 135 cm³/mol. The Balaban J connectivity index is 1.35. The van der Waals surface area contributed by atoms with E-state index in [1.54, 1.807) is 18.2 Å². The van der Waals surface area contributed by atoms with Gasteiger partial charge in [0.25, 0.3) is 0 Å². The van der Waals surface area contributed by atoms with Gasteiger partial charge in [0.15, 0.2) is 5.69 Å². The van der Waals surface area contributed by atoms with Crippen LogP contribution in [0.3, 0.4) is 0 Å². The smallest absolute Gasteiger partial charge is 0.410 e. The van der Waals surface area contributed by atoms with E-state index in [2.05, 4.69) is 20.1 Å². The lowest BCUT2D eigenvalue weighted by molar-refractivity contribution is -0.181. The molecular weight excluding hydrogens is 482 g/mol. The summed E-state index contributed by atoms with van der Waals surface area (Å²) < 4.78 is 18.5. The van der Waals surface area contributed by atoms with Crippen LogP contribution in [-0.2, 0) is 9.47 Å². The minimum Gasteiger partial charge on any atom is -0.473 e. The van der Waals surface area contributed by atoms with Crippen molar-refractivity contribution >= 4 is 34.9 Å². The van der Waals surface area contributed by atoms with Gasteiger partial charge in [0, 0.05) is 24.9 Å². The maximum atomic E-state index is 12.9. The van der Waals surface area contributed by atoms with Crippen LogP contribution < -0.4 is 10.1 Å². The molecule has 2 aromatic rings. The van der Waals surface area contributed by atoms with Crippen LogP contribution in [0.25, 0.3) is 4.85 Å². The van der Waals surface area contributed by atoms with Gasteiger partial charge >= 0.3 is 6.09 Å². The third-order valence-electron chi connectivity index (χ3n) is 7.51. The van der Waals surface area contributed by atoms with E-state index in [9.17, 15) is 4.79 Å². The molecule has 10 heteroatoms. The third-order valence-corrected chi connectivity index (χ3v) is 7.82. The summed E-state index contributed by atoms with van der Waals surface area (Å²) in [5.41, 5.74) is 1.53. The van der Waals surface area contributed by atoms with Crippen LogP contribution in [-0.4, -0.2) is 58.0 Å². The highest BCUT2D eigenvalue weighted by atomic mass is 35.5. The SMILES string of the molecule is [C-]#[N+]c1ccc(Nc2ncnc(OC3C4CN(C(=O)OC5(C)CC5)CC3C(C)OC4C)c2C)c(Cl)c1. The van der Waals surface area contributed by atoms with Crippen LogP contribution in [0.5, 0.6) is 5.88 Å². The third kappa shape index (κ3) is 4.80. The van der Waals surface area contributed by atoms with Crippen LogP contribution in [0.15, 0.2) is 24.5 Å². The van der Waals surface area contributed by atoms with Crippen LogP contribution in [0.2, 0.25) is 5.02 Å². The molecule has 3 heterocycles. The molecule has 3 fully saturated rings. The van der Waals surface area contributed by atoms with Crippen molar-refractivity contribution in [1.82, 2.24) is 14.9 Å². The van der Waals surface area contributed by atoms with Crippen LogP contribution in [0.1, 0.15) is 39.2 Å². The number of nitrogens with one attached hydrogen (secondary N) is 1. The van der Waals surface area contributed by atoms with Crippen LogP contribution >= 0.6 is 11.6 Å². The highest BCUT2D eigenvalue weighted by Crippen LogP contribution is 2.42. The van der Waals surface area contributed by atoms with E-state index in [1.165, 1.54) is 6.33 Å². The molecule has 36 heavy (non-hydrogen) atoms. The zero-order valence-corrected chi connectivity index (χ0v) is 21.6. The summed E-state index contributed by atoms with van der Waals surface area (Å²) in [5.74, 6) is 0.990. The van der Waals surface area contributed by atoms with E-state index in [4.69, 9.17) is 32.4 Å². The number of rotatable bonds is 5. The number of nitrogens with zero attached hydrogens (tertiary/aromatic N) is 4. The molecule has 1 saturated carbocycles. The molecule has 190 valence electrons. The van der Waals surface area contributed by atoms with Crippen molar-refractivity contribution in [3.05, 3.63) is 46.5 Å². The summed E-state index contributed by atoms with van der Waals surface area (Å²) in [6.07, 6.45) is 2.68. The lowest BCUT2D eigenvalue weighted by Gasteiger charge is -2.51. The van der Waals surface area contributed by atoms with Gasteiger partial charge in [-0.2, -0.15) is 0 Å². The molecule has 1 amide bonds. The predicted octanol–water partition coefficient (Wildman–Crippen LogP) is 5.52. The number of hydrogen-bond donors (Lipinski definition) is 1. The Morgan fingerprint density at radius 3 is 2.56 bits per heavy atom. The minimum atomic E-state index is -0.312. The highest BCUT2D eigenvalue weighted by molar-refractivity contribution is 6.33. The number of aromatic nitrogens is 2. The fraction of sp³-hybridized carbons (Fsp3) is 0.538. The lowest BCUT2D eigenvalue weighted by atomic mass is 9.77. The zero-order chi connectivity index (χ0) is 25.6. The molecule has 2 bridgehead atoms. The number of carbonyl (C=O) groups is 1. The Hall–Kier alpha value is -3.09. The van der Waals surface area contributed by atoms with E-state index in [0.29, 0.717) is 41.2 Å². The molecule has 1 aromatic heterocycles. The lowest BCUT2D eigenvalue weighted by Crippen LogP contribution is -2.63. The van der Waals surface area contributed by atoms with Crippen molar-refractivity contribution in [1.29, 1.82) is 0 Å². The molecule has 3 aliphatic rings. The fourth-order valence-electron chi connectivity index (χ4n) is 4.97. The molecule has 2 aliphatic heterocycles. The van der Waals surface area contributed by atoms with Gasteiger partial charge < -0.3 is 24.4 Å². The summed E-state index contributed by atoms with van der Waals surface area (Å²) in [6.45, 7) is 16.1. The molecule has 1 aromatic carbocycles. The Bertz CT molecular complexity index is 1200. The first-order chi connectivity index (χ1) is 17.2. The summed E-state index contributed by atoms with van der Waals surface area (Å²) in [4.78, 5) is 26.9. The Morgan fingerprint density at radius 1 is 1.25 bits per heavy atom. The molecule has 1 N–H and O–H groups in total. The first kappa shape index (κ1) is 24.6. The van der Waals surface area contributed by atoms with Gasteiger partial charge in [-0.3, -0.25) is 0 Å². The first-order valence-electron chi connectivity index (χ1n) is 12.2. The second-order valence-corrected chi connectivity index (χ2v) is 10.6. The Kier molecular flexibility index (Phi) is 6.43. The molecule has 2 saturated heterocycles. The summed E-state index contributed by atoms with van der Waals surface area (Å²) in [5, 5.41) is 3.66. The summed E-state index contributed by atoms with van der Waals surface area (Å²) in [6, 6.07) is 5.05. The zero-order valence-electron chi connectivity index (χ0n) is 20.8. The number of ether oxygens (including phenoxy) is 3. The molecule has 5 rings (SSSR count). The standard InChI is InChI=1S/C26H30ClN5O4/c1-14-23(31-21-7-6-17(28-5)10-20(21)27)29-13-30-24(14)35-22-18-11-32(25(33)36-26(4)8-9-26)12-19(22)16(3)34-15(18)2/h6-7,10,13,15-16,18-19,22H,8-9,11-12H2,1-4H3,(H,29,30,31). The van der Waals surface area contributed by atoms with E-state index >= 15 is 0 Å². The van der Waals surface area contributed by atoms with E-state index in [0.717, 1.165) is 18.4 Å². The van der Waals surface area contributed by atoms with Crippen molar-refractivity contribution in [2.24, 2.45) is 11.8 Å². The van der Waals surface area contributed by atoms with E-state index in [1.807, 2.05) is 32.6 Å². The second-order valence-electron chi connectivity index (χ2n) is 10.2. The number of anilines is 2. The maximum Gasteiger partial charge on any atom is 0.410 e. The molecule has 0 radical (unpaired) electrons. The number of amides is 1. The molecule has 4 unspecified atom stereocenters. The van der Waals surface area contributed by atoms with Gasteiger partial charge in [0.1, 0.15) is 23.9 Å². The highest BCUT2D eigenvalue weighted by Gasteiger charge is 2.51. The Labute approximate surface area is 215 Å². The number of halogens is 1. The normalized spacial score (nSPS) is 28.1. The van der Waals surface area contributed by atoms with Crippen LogP contribution in [0.4, 0.5) is 22.0 Å². The average Bonchev–Trinajstić information content (AvgIpc) is 3.57. The topological polar surface area (TPSA) is 90.2 Å². The summed E-state index contributed by atoms with van der Waals surface area (Å²) >= 11 is 6.35. The average molecular weight is 512 g/mol. The number of fused-ring (bicyclic) bond motifs is 2. The quantitative estimate of drug-likeness (QED) is 0.528. The fourth-order valence-corrected chi connectivity index (χ4v) is 5.19. The molecular formula is C26H30ClN5O4. The van der Waals surface area contributed by atoms with Gasteiger partial charge in [-0.05, 0) is 52.7 Å². The molecule has 1 aliphatic carbocycles. The number of hydrogen-bond acceptors (Lipinski definition) is 7. The van der Waals surface area contributed by atoms with Crippen LogP contribution in [0, 0.1) is 25.3 Å². The van der Waals surface area contributed by atoms with E-state index < -0.39 is 0 Å². The largest absolute Gasteiger partial charge is 0.473 e. The van der Waals surface area contributed by atoms with Crippen molar-refractivity contribution in [3.8, 4) is 5.88 Å². The molecule has 0 spiro atoms. The van der Waals surface area contributed by atoms with Crippen molar-refractivity contribution in [2.45, 2.75) is 64.4 Å². The van der Waals surface area contributed by atoms with Crippen molar-refractivity contribution < 1.29 is 19.0 Å². The molecule has 4 atom stereocenters. The number of carbonyl (C=O) groups excluding carboxylic acids is 1. The summed E-state index contributed by atoms with van der Waals surface area (Å²) in [7, 11) is 0. The van der Waals surface area contributed by atoms with Gasteiger partial charge in [0.2, 0.25) is 5.88 Å². The Morgan fingerprint density at radius 2 is 1.94 bits per heavy atom. The van der Waals surface area contributed by atoms with Crippen molar-refractivity contribution in [2.75, 3.05) is 18.4 Å². The minimum absolute atomic E-state index is 0.0269. The van der Waals surface area contributed by atoms with Gasteiger partial charge in [0.05, 0.1) is 35.1 Å². The van der Waals surface area contributed by atoms with Gasteiger partial charge in [-0.25, -0.2) is 19.6 Å². The molecule has 9 nitrogen and oxygen atoms in total. The number of likely N-dealkylation sites (tertiary alicyclic amines) is 1. The van der Waals surface area contributed by atoms with Gasteiger partial charge in [-0.15, -0.1) is 0 Å². The van der Waals surface area contributed by atoms with Crippen molar-refractivity contribution in [3.63, 3.8) is 0 Å². The second kappa shape index (κ2) is 9.41. The number of piperidine rings is 1. The first-order valence-corrected chi connectivity index (χ1v) is 12.6. The maximum absolute atomic E-state index is 12.9. The van der Waals surface area contributed by atoms with E-state index in [-0.39, 0.29) is 41.8 Å². The number of benzene rings is 1. The monoisotopic (exact) mass is 511 g/mol.